The molecular formula is C23H29N3O6. The minimum atomic E-state index is -0.610. The van der Waals surface area contributed by atoms with Crippen molar-refractivity contribution in [2.75, 3.05) is 27.4 Å². The number of hydrogen-bond donors (Lipinski definition) is 2. The van der Waals surface area contributed by atoms with Crippen LogP contribution in [0.5, 0.6) is 11.5 Å². The average Bonchev–Trinajstić information content (AvgIpc) is 3.15. The molecule has 32 heavy (non-hydrogen) atoms. The zero-order valence-corrected chi connectivity index (χ0v) is 18.9. The molecule has 0 radical (unpaired) electrons. The standard InChI is InChI=1S/C23H29N3O6/c1-5-31-23(28)26-25-16-7-6-8-18-20(16)14(2)21(32-18)22(27)24-12-11-15-9-10-17(29-3)19(13-15)30-4/h9-10,13H,5-8,11-12H2,1-4H3,(H,24,27)(H,26,28)/b25-16+. The van der Waals surface area contributed by atoms with Crippen LogP contribution in [0, 0.1) is 6.92 Å². The number of furan rings is 1. The molecule has 0 saturated heterocycles. The lowest BCUT2D eigenvalue weighted by molar-refractivity contribution is 0.0923. The Bertz CT molecular complexity index is 1010. The molecule has 1 heterocycles. The normalized spacial score (nSPS) is 13.9. The van der Waals surface area contributed by atoms with E-state index in [0.29, 0.717) is 54.3 Å². The van der Waals surface area contributed by atoms with E-state index in [0.717, 1.165) is 17.5 Å². The number of nitrogens with zero attached hydrogens (tertiary/aromatic N) is 1. The number of carbonyl (C=O) groups is 2. The van der Waals surface area contributed by atoms with E-state index in [-0.39, 0.29) is 18.3 Å². The Labute approximate surface area is 187 Å². The molecule has 172 valence electrons. The number of nitrogens with one attached hydrogen (secondary N) is 2. The summed E-state index contributed by atoms with van der Waals surface area (Å²) in [4.78, 5) is 24.3. The molecule has 9 heteroatoms. The zero-order valence-electron chi connectivity index (χ0n) is 18.9. The maximum absolute atomic E-state index is 12.8. The highest BCUT2D eigenvalue weighted by molar-refractivity contribution is 6.06. The van der Waals surface area contributed by atoms with Crippen LogP contribution in [0.4, 0.5) is 4.79 Å². The molecule has 2 aromatic rings. The Morgan fingerprint density at radius 3 is 2.66 bits per heavy atom. The first kappa shape index (κ1) is 23.2. The largest absolute Gasteiger partial charge is 0.493 e. The van der Waals surface area contributed by atoms with Crippen molar-refractivity contribution < 1.29 is 28.2 Å². The van der Waals surface area contributed by atoms with Gasteiger partial charge in [0.25, 0.3) is 5.91 Å². The fourth-order valence-electron chi connectivity index (χ4n) is 3.71. The molecule has 0 saturated carbocycles. The minimum Gasteiger partial charge on any atom is -0.493 e. The molecular weight excluding hydrogens is 414 g/mol. The molecule has 0 atom stereocenters. The molecule has 0 spiro atoms. The molecule has 1 aliphatic carbocycles. The number of aryl methyl sites for hydroxylation is 1. The first-order chi connectivity index (χ1) is 15.5. The number of fused-ring (bicyclic) bond motifs is 1. The summed E-state index contributed by atoms with van der Waals surface area (Å²) in [5.74, 6) is 2.01. The smallest absolute Gasteiger partial charge is 0.427 e. The lowest BCUT2D eigenvalue weighted by Gasteiger charge is -2.13. The van der Waals surface area contributed by atoms with Crippen LogP contribution in [-0.4, -0.2) is 45.1 Å². The third-order valence-corrected chi connectivity index (χ3v) is 5.24. The molecule has 2 N–H and O–H groups in total. The Balaban J connectivity index is 1.67. The first-order valence-corrected chi connectivity index (χ1v) is 10.6. The monoisotopic (exact) mass is 443 g/mol. The average molecular weight is 444 g/mol. The van der Waals surface area contributed by atoms with E-state index < -0.39 is 6.09 Å². The number of amides is 2. The number of hydrazone groups is 1. The van der Waals surface area contributed by atoms with E-state index >= 15 is 0 Å². The van der Waals surface area contributed by atoms with Crippen molar-refractivity contribution in [2.24, 2.45) is 5.10 Å². The van der Waals surface area contributed by atoms with Crippen LogP contribution in [-0.2, 0) is 17.6 Å². The Kier molecular flexibility index (Phi) is 7.75. The van der Waals surface area contributed by atoms with Crippen molar-refractivity contribution in [1.29, 1.82) is 0 Å². The number of rotatable bonds is 8. The van der Waals surface area contributed by atoms with Crippen molar-refractivity contribution in [3.05, 3.63) is 46.4 Å². The topological polar surface area (TPSA) is 111 Å². The molecule has 9 nitrogen and oxygen atoms in total. The van der Waals surface area contributed by atoms with Crippen LogP contribution in [0.15, 0.2) is 27.7 Å². The van der Waals surface area contributed by atoms with Crippen molar-refractivity contribution >= 4 is 17.7 Å². The van der Waals surface area contributed by atoms with E-state index in [2.05, 4.69) is 15.8 Å². The van der Waals surface area contributed by atoms with Crippen LogP contribution in [0.25, 0.3) is 0 Å². The van der Waals surface area contributed by atoms with Gasteiger partial charge in [0.05, 0.1) is 26.5 Å². The fourth-order valence-corrected chi connectivity index (χ4v) is 3.71. The lowest BCUT2D eigenvalue weighted by atomic mass is 9.93. The predicted octanol–water partition coefficient (Wildman–Crippen LogP) is 3.36. The molecule has 0 bridgehead atoms. The fraction of sp³-hybridized carbons (Fsp3) is 0.435. The van der Waals surface area contributed by atoms with E-state index in [1.807, 2.05) is 25.1 Å². The summed E-state index contributed by atoms with van der Waals surface area (Å²) in [6, 6.07) is 5.66. The number of ether oxygens (including phenoxy) is 3. The molecule has 0 aliphatic heterocycles. The molecule has 1 aromatic carbocycles. The van der Waals surface area contributed by atoms with Gasteiger partial charge in [0.2, 0.25) is 0 Å². The van der Waals surface area contributed by atoms with Gasteiger partial charge in [0.1, 0.15) is 5.76 Å². The molecule has 0 unspecified atom stereocenters. The quantitative estimate of drug-likeness (QED) is 0.605. The highest BCUT2D eigenvalue weighted by atomic mass is 16.5. The van der Waals surface area contributed by atoms with Crippen LogP contribution in [0.1, 0.15) is 52.8 Å². The SMILES string of the molecule is CCOC(=O)N/N=C1\CCCc2oc(C(=O)NCCc3ccc(OC)c(OC)c3)c(C)c21. The first-order valence-electron chi connectivity index (χ1n) is 10.6. The van der Waals surface area contributed by atoms with Crippen LogP contribution < -0.4 is 20.2 Å². The number of benzene rings is 1. The molecule has 0 fully saturated rings. The minimum absolute atomic E-state index is 0.264. The lowest BCUT2D eigenvalue weighted by Crippen LogP contribution is -2.26. The third kappa shape index (κ3) is 5.22. The highest BCUT2D eigenvalue weighted by Gasteiger charge is 2.28. The summed E-state index contributed by atoms with van der Waals surface area (Å²) in [5.41, 5.74) is 5.60. The van der Waals surface area contributed by atoms with E-state index in [9.17, 15) is 9.59 Å². The highest BCUT2D eigenvalue weighted by Crippen LogP contribution is 2.30. The van der Waals surface area contributed by atoms with Crippen LogP contribution in [0.2, 0.25) is 0 Å². The van der Waals surface area contributed by atoms with Crippen LogP contribution in [0.3, 0.4) is 0 Å². The van der Waals surface area contributed by atoms with E-state index in [1.165, 1.54) is 0 Å². The molecule has 3 rings (SSSR count). The van der Waals surface area contributed by atoms with E-state index in [1.54, 1.807) is 21.1 Å². The zero-order chi connectivity index (χ0) is 23.1. The second-order valence-corrected chi connectivity index (χ2v) is 7.29. The predicted molar refractivity (Wildman–Crippen MR) is 119 cm³/mol. The van der Waals surface area contributed by atoms with Gasteiger partial charge in [-0.05, 0) is 50.8 Å². The summed E-state index contributed by atoms with van der Waals surface area (Å²) in [6.07, 6.45) is 2.24. The van der Waals surface area contributed by atoms with Crippen molar-refractivity contribution in [1.82, 2.24) is 10.7 Å². The summed E-state index contributed by atoms with van der Waals surface area (Å²) in [7, 11) is 3.18. The summed E-state index contributed by atoms with van der Waals surface area (Å²) in [6.45, 7) is 4.25. The van der Waals surface area contributed by atoms with Gasteiger partial charge in [-0.1, -0.05) is 6.07 Å². The molecule has 1 aliphatic rings. The van der Waals surface area contributed by atoms with Crippen LogP contribution >= 0.6 is 0 Å². The Morgan fingerprint density at radius 1 is 1.16 bits per heavy atom. The summed E-state index contributed by atoms with van der Waals surface area (Å²) in [5, 5.41) is 7.10. The second-order valence-electron chi connectivity index (χ2n) is 7.29. The maximum Gasteiger partial charge on any atom is 0.427 e. The van der Waals surface area contributed by atoms with Gasteiger partial charge in [-0.3, -0.25) is 4.79 Å². The van der Waals surface area contributed by atoms with Crippen molar-refractivity contribution in [2.45, 2.75) is 39.5 Å². The number of methoxy groups -OCH3 is 2. The van der Waals surface area contributed by atoms with Crippen molar-refractivity contribution in [3.63, 3.8) is 0 Å². The maximum atomic E-state index is 12.8. The molecule has 2 amide bonds. The van der Waals surface area contributed by atoms with Gasteiger partial charge in [-0.2, -0.15) is 5.10 Å². The summed E-state index contributed by atoms with van der Waals surface area (Å²) >= 11 is 0. The van der Waals surface area contributed by atoms with Gasteiger partial charge in [-0.15, -0.1) is 0 Å². The second kappa shape index (κ2) is 10.7. The molecule has 1 aromatic heterocycles. The van der Waals surface area contributed by atoms with Crippen molar-refractivity contribution in [3.8, 4) is 11.5 Å². The number of hydrogen-bond acceptors (Lipinski definition) is 7. The van der Waals surface area contributed by atoms with Gasteiger partial charge < -0.3 is 23.9 Å². The van der Waals surface area contributed by atoms with Gasteiger partial charge in [-0.25, -0.2) is 10.2 Å². The number of carbonyl (C=O) groups excluding carboxylic acids is 2. The van der Waals surface area contributed by atoms with Gasteiger partial charge in [0.15, 0.2) is 17.3 Å². The third-order valence-electron chi connectivity index (χ3n) is 5.24. The Morgan fingerprint density at radius 2 is 1.94 bits per heavy atom. The van der Waals surface area contributed by atoms with Gasteiger partial charge in [0, 0.05) is 24.1 Å². The Hall–Kier alpha value is -3.49. The summed E-state index contributed by atoms with van der Waals surface area (Å²) < 4.78 is 21.3. The van der Waals surface area contributed by atoms with E-state index in [4.69, 9.17) is 18.6 Å². The van der Waals surface area contributed by atoms with Gasteiger partial charge >= 0.3 is 6.09 Å².